The van der Waals surface area contributed by atoms with Crippen molar-refractivity contribution in [3.63, 3.8) is 0 Å². The molecule has 0 saturated carbocycles. The van der Waals surface area contributed by atoms with Gasteiger partial charge in [-0.15, -0.1) is 0 Å². The van der Waals surface area contributed by atoms with Gasteiger partial charge in [0.2, 0.25) is 5.91 Å². The van der Waals surface area contributed by atoms with Crippen molar-refractivity contribution in [1.82, 2.24) is 4.98 Å². The van der Waals surface area contributed by atoms with E-state index >= 15 is 0 Å². The number of nitrogens with one attached hydrogen (secondary N) is 1. The van der Waals surface area contributed by atoms with Gasteiger partial charge in [0.25, 0.3) is 0 Å². The summed E-state index contributed by atoms with van der Waals surface area (Å²) < 4.78 is 0. The molecule has 110 valence electrons. The number of nitrogens with zero attached hydrogens (tertiary/aromatic N) is 1. The molecule has 0 saturated heterocycles. The number of nitrogens with two attached hydrogens (primary N) is 1. The maximum Gasteiger partial charge on any atom is 0.305 e. The molecular weight excluding hydrogens is 270 g/mol. The van der Waals surface area contributed by atoms with Crippen molar-refractivity contribution in [2.75, 3.05) is 5.32 Å². The van der Waals surface area contributed by atoms with Gasteiger partial charge < -0.3 is 16.2 Å². The number of anilines is 1. The van der Waals surface area contributed by atoms with E-state index in [-0.39, 0.29) is 12.5 Å². The third-order valence-electron chi connectivity index (χ3n) is 3.25. The number of rotatable bonds is 6. The predicted molar refractivity (Wildman–Crippen MR) is 80.2 cm³/mol. The molecule has 4 N–H and O–H groups in total. The summed E-state index contributed by atoms with van der Waals surface area (Å²) in [5, 5.41) is 12.6. The molecule has 1 aromatic carbocycles. The number of hydrogen-bond acceptors (Lipinski definition) is 4. The minimum absolute atomic E-state index is 0.0170. The van der Waals surface area contributed by atoms with Gasteiger partial charge in [0.15, 0.2) is 0 Å². The van der Waals surface area contributed by atoms with Crippen molar-refractivity contribution >= 4 is 28.6 Å². The van der Waals surface area contributed by atoms with Gasteiger partial charge in [-0.3, -0.25) is 9.59 Å². The first-order chi connectivity index (χ1) is 10.0. The zero-order chi connectivity index (χ0) is 15.4. The lowest BCUT2D eigenvalue weighted by Crippen LogP contribution is -2.23. The molecule has 0 aliphatic heterocycles. The summed E-state index contributed by atoms with van der Waals surface area (Å²) in [5.41, 5.74) is 6.41. The highest BCUT2D eigenvalue weighted by atomic mass is 16.4. The lowest BCUT2D eigenvalue weighted by molar-refractivity contribution is -0.137. The fraction of sp³-hybridized carbons (Fsp3) is 0.267. The summed E-state index contributed by atoms with van der Waals surface area (Å²) in [6.45, 7) is 1.89. The van der Waals surface area contributed by atoms with Crippen LogP contribution < -0.4 is 11.1 Å². The highest BCUT2D eigenvalue weighted by Crippen LogP contribution is 2.21. The Morgan fingerprint density at radius 3 is 2.71 bits per heavy atom. The van der Waals surface area contributed by atoms with E-state index in [9.17, 15) is 9.59 Å². The molecule has 0 bridgehead atoms. The topological polar surface area (TPSA) is 105 Å². The summed E-state index contributed by atoms with van der Waals surface area (Å²) in [7, 11) is 0. The predicted octanol–water partition coefficient (Wildman–Crippen LogP) is 2.00. The van der Waals surface area contributed by atoms with Crippen LogP contribution in [-0.2, 0) is 4.79 Å². The van der Waals surface area contributed by atoms with Crippen LogP contribution in [0.2, 0.25) is 0 Å². The summed E-state index contributed by atoms with van der Waals surface area (Å²) in [6.07, 6.45) is 0.615. The lowest BCUT2D eigenvalue weighted by Gasteiger charge is -2.16. The Balaban J connectivity index is 2.40. The number of carboxylic acid groups (broad SMARTS) is 1. The molecule has 21 heavy (non-hydrogen) atoms. The van der Waals surface area contributed by atoms with Gasteiger partial charge in [0, 0.05) is 11.4 Å². The van der Waals surface area contributed by atoms with Gasteiger partial charge in [-0.2, -0.15) is 0 Å². The Labute approximate surface area is 122 Å². The summed E-state index contributed by atoms with van der Waals surface area (Å²) >= 11 is 0. The second kappa shape index (κ2) is 6.21. The molecule has 6 heteroatoms. The Morgan fingerprint density at radius 2 is 2.10 bits per heavy atom. The van der Waals surface area contributed by atoms with Crippen LogP contribution in [0.1, 0.15) is 30.1 Å². The van der Waals surface area contributed by atoms with E-state index in [2.05, 4.69) is 10.3 Å². The molecule has 0 aliphatic rings. The van der Waals surface area contributed by atoms with Crippen LogP contribution in [0.3, 0.4) is 0 Å². The monoisotopic (exact) mass is 287 g/mol. The first-order valence-corrected chi connectivity index (χ1v) is 6.69. The quantitative estimate of drug-likeness (QED) is 0.753. The number of carboxylic acids is 1. The van der Waals surface area contributed by atoms with Gasteiger partial charge >= 0.3 is 5.97 Å². The Hall–Kier alpha value is -2.63. The van der Waals surface area contributed by atoms with Gasteiger partial charge in [-0.1, -0.05) is 25.1 Å². The van der Waals surface area contributed by atoms with Crippen molar-refractivity contribution < 1.29 is 14.7 Å². The fourth-order valence-electron chi connectivity index (χ4n) is 2.17. The molecule has 2 rings (SSSR count). The highest BCUT2D eigenvalue weighted by molar-refractivity contribution is 6.06. The zero-order valence-corrected chi connectivity index (χ0v) is 11.7. The van der Waals surface area contributed by atoms with Crippen LogP contribution in [0, 0.1) is 0 Å². The number of benzene rings is 1. The molecular formula is C15H17N3O3. The Kier molecular flexibility index (Phi) is 4.37. The molecule has 1 amide bonds. The fourth-order valence-corrected chi connectivity index (χ4v) is 2.17. The number of amides is 1. The van der Waals surface area contributed by atoms with Crippen LogP contribution in [0.15, 0.2) is 30.3 Å². The first-order valence-electron chi connectivity index (χ1n) is 6.69. The van der Waals surface area contributed by atoms with E-state index in [0.717, 1.165) is 0 Å². The SMILES string of the molecule is CCC(CC(=O)O)Nc1cc(C(N)=O)c2ccccc2n1. The number of pyridine rings is 1. The van der Waals surface area contributed by atoms with Crippen molar-refractivity contribution in [2.24, 2.45) is 5.73 Å². The third kappa shape index (κ3) is 3.47. The largest absolute Gasteiger partial charge is 0.481 e. The molecule has 0 spiro atoms. The van der Waals surface area contributed by atoms with Gasteiger partial charge in [-0.05, 0) is 18.6 Å². The second-order valence-electron chi connectivity index (χ2n) is 4.78. The van der Waals surface area contributed by atoms with Crippen LogP contribution in [0.5, 0.6) is 0 Å². The normalized spacial score (nSPS) is 12.0. The summed E-state index contributed by atoms with van der Waals surface area (Å²) in [5.74, 6) is -0.969. The number of hydrogen-bond donors (Lipinski definition) is 3. The number of carbonyl (C=O) groups is 2. The lowest BCUT2D eigenvalue weighted by atomic mass is 10.1. The van der Waals surface area contributed by atoms with Gasteiger partial charge in [0.1, 0.15) is 5.82 Å². The molecule has 1 heterocycles. The first kappa shape index (κ1) is 14.8. The van der Waals surface area contributed by atoms with Crippen LogP contribution in [-0.4, -0.2) is 28.0 Å². The minimum atomic E-state index is -0.884. The molecule has 0 aliphatic carbocycles. The van der Waals surface area contributed by atoms with E-state index in [1.54, 1.807) is 18.2 Å². The zero-order valence-electron chi connectivity index (χ0n) is 11.7. The molecule has 6 nitrogen and oxygen atoms in total. The van der Waals surface area contributed by atoms with E-state index in [4.69, 9.17) is 10.8 Å². The number of fused-ring (bicyclic) bond motifs is 1. The maximum atomic E-state index is 11.6. The third-order valence-corrected chi connectivity index (χ3v) is 3.25. The summed E-state index contributed by atoms with van der Waals surface area (Å²) in [6, 6.07) is 8.50. The molecule has 1 aromatic heterocycles. The average molecular weight is 287 g/mol. The van der Waals surface area contributed by atoms with Crippen molar-refractivity contribution in [1.29, 1.82) is 0 Å². The molecule has 2 aromatic rings. The molecule has 0 radical (unpaired) electrons. The van der Waals surface area contributed by atoms with Crippen LogP contribution in [0.4, 0.5) is 5.82 Å². The number of carbonyl (C=O) groups excluding carboxylic acids is 1. The molecule has 0 fully saturated rings. The Bertz CT molecular complexity index is 685. The highest BCUT2D eigenvalue weighted by Gasteiger charge is 2.14. The number of aliphatic carboxylic acids is 1. The number of aromatic nitrogens is 1. The Morgan fingerprint density at radius 1 is 1.38 bits per heavy atom. The number of para-hydroxylation sites is 1. The summed E-state index contributed by atoms with van der Waals surface area (Å²) in [4.78, 5) is 26.8. The number of primary amides is 1. The van der Waals surface area contributed by atoms with E-state index in [1.165, 1.54) is 0 Å². The smallest absolute Gasteiger partial charge is 0.305 e. The minimum Gasteiger partial charge on any atom is -0.481 e. The van der Waals surface area contributed by atoms with Gasteiger partial charge in [0.05, 0.1) is 17.5 Å². The van der Waals surface area contributed by atoms with E-state index in [0.29, 0.717) is 28.7 Å². The molecule has 1 atom stereocenters. The van der Waals surface area contributed by atoms with Crippen molar-refractivity contribution in [3.8, 4) is 0 Å². The van der Waals surface area contributed by atoms with Crippen LogP contribution >= 0.6 is 0 Å². The van der Waals surface area contributed by atoms with Crippen LogP contribution in [0.25, 0.3) is 10.9 Å². The van der Waals surface area contributed by atoms with E-state index < -0.39 is 11.9 Å². The van der Waals surface area contributed by atoms with Gasteiger partial charge in [-0.25, -0.2) is 4.98 Å². The standard InChI is InChI=1S/C15H17N3O3/c1-2-9(7-14(19)20)17-13-8-11(15(16)21)10-5-3-4-6-12(10)18-13/h3-6,8-9H,2,7H2,1H3,(H2,16,21)(H,17,18)(H,19,20). The molecule has 1 unspecified atom stereocenters. The van der Waals surface area contributed by atoms with Crippen molar-refractivity contribution in [3.05, 3.63) is 35.9 Å². The van der Waals surface area contributed by atoms with Crippen molar-refractivity contribution in [2.45, 2.75) is 25.8 Å². The van der Waals surface area contributed by atoms with E-state index in [1.807, 2.05) is 19.1 Å². The maximum absolute atomic E-state index is 11.6. The average Bonchev–Trinajstić information content (AvgIpc) is 2.45. The second-order valence-corrected chi connectivity index (χ2v) is 4.78.